The summed E-state index contributed by atoms with van der Waals surface area (Å²) in [5.74, 6) is 1.12. The van der Waals surface area contributed by atoms with Gasteiger partial charge in [0, 0.05) is 48.6 Å². The van der Waals surface area contributed by atoms with E-state index in [1.165, 1.54) is 12.1 Å². The number of aromatic nitrogens is 4. The minimum absolute atomic E-state index is 0.00738. The molecule has 1 saturated heterocycles. The number of nitrogens with zero attached hydrogens (tertiary/aromatic N) is 4. The van der Waals surface area contributed by atoms with Crippen LogP contribution in [0.3, 0.4) is 0 Å². The van der Waals surface area contributed by atoms with E-state index >= 15 is 0 Å². The Morgan fingerprint density at radius 2 is 1.88 bits per heavy atom. The number of halogens is 3. The Hall–Kier alpha value is -5.26. The second-order valence-corrected chi connectivity index (χ2v) is 9.71. The maximum Gasteiger partial charge on any atom is 0.417 e. The summed E-state index contributed by atoms with van der Waals surface area (Å²) in [4.78, 5) is 42.5. The predicted octanol–water partition coefficient (Wildman–Crippen LogP) is 6.21. The van der Waals surface area contributed by atoms with Crippen LogP contribution < -0.4 is 10.1 Å². The lowest BCUT2D eigenvalue weighted by atomic mass is 10.1. The fourth-order valence-corrected chi connectivity index (χ4v) is 4.61. The highest BCUT2D eigenvalue weighted by Crippen LogP contribution is 2.33. The fraction of sp³-hybridized carbons (Fsp3) is 0.167. The monoisotopic (exact) mass is 572 g/mol. The Labute approximate surface area is 237 Å². The summed E-state index contributed by atoms with van der Waals surface area (Å²) in [5.41, 5.74) is 2.30. The van der Waals surface area contributed by atoms with Gasteiger partial charge in [-0.1, -0.05) is 12.1 Å². The molecule has 1 aliphatic heterocycles. The van der Waals surface area contributed by atoms with Crippen molar-refractivity contribution in [1.29, 1.82) is 0 Å². The van der Waals surface area contributed by atoms with E-state index in [0.29, 0.717) is 48.7 Å². The molecule has 3 aromatic heterocycles. The van der Waals surface area contributed by atoms with Crippen LogP contribution in [0.25, 0.3) is 22.6 Å². The van der Waals surface area contributed by atoms with Crippen molar-refractivity contribution >= 4 is 28.8 Å². The number of fused-ring (bicyclic) bond motifs is 1. The fourth-order valence-electron chi connectivity index (χ4n) is 4.61. The largest absolute Gasteiger partial charge is 0.457 e. The van der Waals surface area contributed by atoms with Crippen LogP contribution in [0.1, 0.15) is 34.3 Å². The van der Waals surface area contributed by atoms with E-state index in [1.54, 1.807) is 23.2 Å². The average molecular weight is 573 g/mol. The lowest BCUT2D eigenvalue weighted by Crippen LogP contribution is -2.24. The number of pyridine rings is 2. The van der Waals surface area contributed by atoms with Crippen molar-refractivity contribution in [3.63, 3.8) is 0 Å². The van der Waals surface area contributed by atoms with Crippen molar-refractivity contribution in [3.05, 3.63) is 95.8 Å². The van der Waals surface area contributed by atoms with Crippen LogP contribution in [0.5, 0.6) is 11.5 Å². The quantitative estimate of drug-likeness (QED) is 0.240. The molecule has 9 nitrogen and oxygen atoms in total. The van der Waals surface area contributed by atoms with Crippen molar-refractivity contribution in [2.24, 2.45) is 0 Å². The smallest absolute Gasteiger partial charge is 0.417 e. The van der Waals surface area contributed by atoms with E-state index in [-0.39, 0.29) is 17.3 Å². The van der Waals surface area contributed by atoms with Crippen molar-refractivity contribution in [1.82, 2.24) is 24.8 Å². The zero-order valence-corrected chi connectivity index (χ0v) is 22.0. The number of hydrogen-bond acceptors (Lipinski definition) is 6. The SMILES string of the molecule is O=C(Nc1ccc(C(F)(F)F)cn1)c1ccc(Oc2cc(-c3nc4ncccc4[nH]3)ccc2CN2CCCC2=O)cc1. The van der Waals surface area contributed by atoms with Gasteiger partial charge in [0.15, 0.2) is 5.65 Å². The molecule has 2 N–H and O–H groups in total. The van der Waals surface area contributed by atoms with E-state index in [0.717, 1.165) is 35.2 Å². The number of ether oxygens (including phenoxy) is 1. The summed E-state index contributed by atoms with van der Waals surface area (Å²) >= 11 is 0. The normalized spacial score (nSPS) is 13.5. The van der Waals surface area contributed by atoms with E-state index in [4.69, 9.17) is 4.74 Å². The van der Waals surface area contributed by atoms with Gasteiger partial charge in [-0.2, -0.15) is 13.2 Å². The molecule has 0 bridgehead atoms. The topological polar surface area (TPSA) is 113 Å². The summed E-state index contributed by atoms with van der Waals surface area (Å²) < 4.78 is 44.6. The van der Waals surface area contributed by atoms with E-state index < -0.39 is 17.6 Å². The van der Waals surface area contributed by atoms with Crippen molar-refractivity contribution in [3.8, 4) is 22.9 Å². The molecule has 0 unspecified atom stereocenters. The molecule has 2 aromatic carbocycles. The number of H-pyrrole nitrogens is 1. The molecule has 12 heteroatoms. The molecular formula is C30H23F3N6O3. The van der Waals surface area contributed by atoms with Crippen molar-refractivity contribution < 1.29 is 27.5 Å². The first kappa shape index (κ1) is 26.9. The number of benzene rings is 2. The molecule has 212 valence electrons. The summed E-state index contributed by atoms with van der Waals surface area (Å²) in [5, 5.41) is 2.49. The van der Waals surface area contributed by atoms with Crippen LogP contribution in [-0.2, 0) is 17.5 Å². The number of carbonyl (C=O) groups is 2. The Morgan fingerprint density at radius 3 is 2.57 bits per heavy atom. The van der Waals surface area contributed by atoms with Gasteiger partial charge in [-0.3, -0.25) is 9.59 Å². The first-order chi connectivity index (χ1) is 20.2. The molecule has 0 aliphatic carbocycles. The summed E-state index contributed by atoms with van der Waals surface area (Å²) in [6.45, 7) is 1.06. The molecule has 4 heterocycles. The number of alkyl halides is 3. The lowest BCUT2D eigenvalue weighted by molar-refractivity contribution is -0.137. The van der Waals surface area contributed by atoms with Crippen LogP contribution in [0.4, 0.5) is 19.0 Å². The van der Waals surface area contributed by atoms with E-state index in [2.05, 4.69) is 25.3 Å². The number of imidazole rings is 1. The third-order valence-corrected chi connectivity index (χ3v) is 6.81. The van der Waals surface area contributed by atoms with Gasteiger partial charge in [0.2, 0.25) is 5.91 Å². The van der Waals surface area contributed by atoms with Crippen LogP contribution in [0.2, 0.25) is 0 Å². The first-order valence-electron chi connectivity index (χ1n) is 13.1. The van der Waals surface area contributed by atoms with Crippen LogP contribution in [-0.4, -0.2) is 43.2 Å². The molecule has 1 aliphatic rings. The van der Waals surface area contributed by atoms with E-state index in [1.807, 2.05) is 30.3 Å². The Bertz CT molecular complexity index is 1740. The highest BCUT2D eigenvalue weighted by molar-refractivity contribution is 6.03. The summed E-state index contributed by atoms with van der Waals surface area (Å²) in [7, 11) is 0. The minimum Gasteiger partial charge on any atom is -0.457 e. The molecule has 0 spiro atoms. The second kappa shape index (κ2) is 11.0. The minimum atomic E-state index is -4.52. The van der Waals surface area contributed by atoms with Gasteiger partial charge in [0.1, 0.15) is 23.1 Å². The van der Waals surface area contributed by atoms with E-state index in [9.17, 15) is 22.8 Å². The molecule has 5 aromatic rings. The van der Waals surface area contributed by atoms with Crippen LogP contribution in [0.15, 0.2) is 79.1 Å². The summed E-state index contributed by atoms with van der Waals surface area (Å²) in [6, 6.07) is 17.6. The molecule has 1 fully saturated rings. The number of likely N-dealkylation sites (tertiary alicyclic amines) is 1. The number of amides is 2. The predicted molar refractivity (Wildman–Crippen MR) is 148 cm³/mol. The Kier molecular flexibility index (Phi) is 7.03. The highest BCUT2D eigenvalue weighted by atomic mass is 19.4. The van der Waals surface area contributed by atoms with Crippen molar-refractivity contribution in [2.75, 3.05) is 11.9 Å². The maximum absolute atomic E-state index is 12.8. The molecule has 6 rings (SSSR count). The Balaban J connectivity index is 1.22. The number of aromatic amines is 1. The average Bonchev–Trinajstić information content (AvgIpc) is 3.60. The zero-order chi connectivity index (χ0) is 29.3. The number of carbonyl (C=O) groups excluding carboxylic acids is 2. The Morgan fingerprint density at radius 1 is 1.05 bits per heavy atom. The van der Waals surface area contributed by atoms with Gasteiger partial charge in [-0.05, 0) is 61.0 Å². The second-order valence-electron chi connectivity index (χ2n) is 9.71. The molecule has 0 atom stereocenters. The lowest BCUT2D eigenvalue weighted by Gasteiger charge is -2.19. The molecule has 42 heavy (non-hydrogen) atoms. The van der Waals surface area contributed by atoms with Crippen molar-refractivity contribution in [2.45, 2.75) is 25.6 Å². The molecule has 2 amide bonds. The number of nitrogens with one attached hydrogen (secondary N) is 2. The number of anilines is 1. The van der Waals surface area contributed by atoms with Gasteiger partial charge < -0.3 is 19.9 Å². The summed E-state index contributed by atoms with van der Waals surface area (Å²) in [6.07, 6.45) is -0.855. The van der Waals surface area contributed by atoms with Crippen LogP contribution in [0, 0.1) is 0 Å². The molecule has 0 radical (unpaired) electrons. The van der Waals surface area contributed by atoms with Gasteiger partial charge >= 0.3 is 6.18 Å². The maximum atomic E-state index is 12.8. The van der Waals surface area contributed by atoms with Gasteiger partial charge in [-0.15, -0.1) is 0 Å². The van der Waals surface area contributed by atoms with Gasteiger partial charge in [0.05, 0.1) is 11.1 Å². The number of rotatable bonds is 7. The first-order valence-corrected chi connectivity index (χ1v) is 13.1. The highest BCUT2D eigenvalue weighted by Gasteiger charge is 2.30. The number of hydrogen-bond donors (Lipinski definition) is 2. The van der Waals surface area contributed by atoms with Gasteiger partial charge in [0.25, 0.3) is 5.91 Å². The zero-order valence-electron chi connectivity index (χ0n) is 22.0. The third kappa shape index (κ3) is 5.78. The van der Waals surface area contributed by atoms with Crippen LogP contribution >= 0.6 is 0 Å². The standard InChI is InChI=1S/C30H23F3N6O3/c31-30(32,33)21-9-12-25(35-16-21)37-29(41)18-7-10-22(11-8-18)42-24-15-19(27-36-23-3-1-13-34-28(23)38-27)5-6-20(24)17-39-14-2-4-26(39)40/h1,3,5-13,15-16H,2,4,14,17H2,(H,34,36,38)(H,35,37,41). The van der Waals surface area contributed by atoms with Gasteiger partial charge in [-0.25, -0.2) is 15.0 Å². The molecular weight excluding hydrogens is 549 g/mol. The molecule has 0 saturated carbocycles. The third-order valence-electron chi connectivity index (χ3n) is 6.81.